The van der Waals surface area contributed by atoms with Crippen LogP contribution in [0.1, 0.15) is 11.3 Å². The maximum absolute atomic E-state index is 13.4. The molecule has 0 fully saturated rings. The quantitative estimate of drug-likeness (QED) is 0.190. The van der Waals surface area contributed by atoms with Crippen LogP contribution in [0.25, 0.3) is 11.3 Å². The molecule has 0 aliphatic carbocycles. The van der Waals surface area contributed by atoms with Gasteiger partial charge in [-0.05, 0) is 67.1 Å². The molecule has 1 aromatic heterocycles. The maximum atomic E-state index is 13.4. The van der Waals surface area contributed by atoms with Crippen molar-refractivity contribution in [3.05, 3.63) is 105 Å². The highest BCUT2D eigenvalue weighted by Crippen LogP contribution is 2.31. The first-order chi connectivity index (χ1) is 17.6. The van der Waals surface area contributed by atoms with E-state index in [1.54, 1.807) is 67.6 Å². The van der Waals surface area contributed by atoms with Crippen molar-refractivity contribution in [2.24, 2.45) is 5.10 Å². The van der Waals surface area contributed by atoms with Crippen LogP contribution in [0.3, 0.4) is 0 Å². The molecule has 0 aliphatic heterocycles. The second-order valence-corrected chi connectivity index (χ2v) is 11.0. The molecule has 0 atom stereocenters. The van der Waals surface area contributed by atoms with Crippen LogP contribution in [-0.2, 0) is 14.8 Å². The van der Waals surface area contributed by atoms with E-state index in [4.69, 9.17) is 39.2 Å². The molecule has 0 bridgehead atoms. The van der Waals surface area contributed by atoms with E-state index in [-0.39, 0.29) is 10.6 Å². The number of carbonyl (C=O) groups is 1. The molecule has 0 radical (unpaired) electrons. The molecule has 1 N–H and O–H groups in total. The Labute approximate surface area is 229 Å². The van der Waals surface area contributed by atoms with Gasteiger partial charge in [0.2, 0.25) is 0 Å². The van der Waals surface area contributed by atoms with Gasteiger partial charge >= 0.3 is 0 Å². The van der Waals surface area contributed by atoms with Crippen LogP contribution in [0.5, 0.6) is 0 Å². The number of nitrogens with one attached hydrogen (secondary N) is 1. The summed E-state index contributed by atoms with van der Waals surface area (Å²) in [6.07, 6.45) is 1.30. The second-order valence-electron chi connectivity index (χ2n) is 7.87. The van der Waals surface area contributed by atoms with E-state index >= 15 is 0 Å². The normalized spacial score (nSPS) is 11.6. The predicted octanol–water partition coefficient (Wildman–Crippen LogP) is 6.56. The number of amides is 1. The number of carbonyl (C=O) groups excluding carboxylic acids is 1. The summed E-state index contributed by atoms with van der Waals surface area (Å²) in [7, 11) is -4.08. The SMILES string of the molecule is Cc1ccc(Cl)cc1N(CC(=O)N/N=C\c1ccc(-c2ccc(Cl)cc2Cl)o1)S(=O)(=O)c1ccccc1. The molecule has 7 nitrogen and oxygen atoms in total. The average Bonchev–Trinajstić information content (AvgIpc) is 3.33. The van der Waals surface area contributed by atoms with Crippen molar-refractivity contribution in [2.45, 2.75) is 11.8 Å². The lowest BCUT2D eigenvalue weighted by molar-refractivity contribution is -0.119. The van der Waals surface area contributed by atoms with Gasteiger partial charge in [0, 0.05) is 15.6 Å². The highest BCUT2D eigenvalue weighted by atomic mass is 35.5. The summed E-state index contributed by atoms with van der Waals surface area (Å²) < 4.78 is 33.6. The average molecular weight is 577 g/mol. The fraction of sp³-hybridized carbons (Fsp3) is 0.0769. The number of hydrazone groups is 1. The van der Waals surface area contributed by atoms with Gasteiger partial charge < -0.3 is 4.42 Å². The van der Waals surface area contributed by atoms with E-state index in [1.165, 1.54) is 24.4 Å². The fourth-order valence-electron chi connectivity index (χ4n) is 3.46. The third kappa shape index (κ3) is 6.34. The molecule has 1 heterocycles. The minimum absolute atomic E-state index is 0.0367. The van der Waals surface area contributed by atoms with Crippen molar-refractivity contribution >= 4 is 62.6 Å². The molecule has 11 heteroatoms. The van der Waals surface area contributed by atoms with Gasteiger partial charge in [-0.15, -0.1) is 0 Å². The summed E-state index contributed by atoms with van der Waals surface area (Å²) in [5.74, 6) is 0.175. The number of furan rings is 1. The van der Waals surface area contributed by atoms with Crippen LogP contribution in [0.2, 0.25) is 15.1 Å². The number of hydrogen-bond donors (Lipinski definition) is 1. The lowest BCUT2D eigenvalue weighted by Crippen LogP contribution is -2.40. The van der Waals surface area contributed by atoms with E-state index < -0.39 is 22.5 Å². The van der Waals surface area contributed by atoms with Crippen molar-refractivity contribution in [3.8, 4) is 11.3 Å². The number of benzene rings is 3. The summed E-state index contributed by atoms with van der Waals surface area (Å²) in [5, 5.41) is 5.17. The molecule has 0 aliphatic rings. The third-order valence-corrected chi connectivity index (χ3v) is 7.82. The molecule has 0 saturated heterocycles. The van der Waals surface area contributed by atoms with Crippen LogP contribution < -0.4 is 9.73 Å². The third-order valence-electron chi connectivity index (χ3n) is 5.26. The molecule has 4 aromatic rings. The van der Waals surface area contributed by atoms with Crippen molar-refractivity contribution < 1.29 is 17.6 Å². The lowest BCUT2D eigenvalue weighted by Gasteiger charge is -2.25. The summed E-state index contributed by atoms with van der Waals surface area (Å²) in [6.45, 7) is 1.20. The number of halogens is 3. The van der Waals surface area contributed by atoms with Gasteiger partial charge in [-0.1, -0.05) is 59.1 Å². The Morgan fingerprint density at radius 3 is 2.41 bits per heavy atom. The minimum Gasteiger partial charge on any atom is -0.455 e. The zero-order chi connectivity index (χ0) is 26.6. The van der Waals surface area contributed by atoms with E-state index in [2.05, 4.69) is 10.5 Å². The number of hydrogen-bond acceptors (Lipinski definition) is 5. The monoisotopic (exact) mass is 575 g/mol. The summed E-state index contributed by atoms with van der Waals surface area (Å²) in [6, 6.07) is 21.0. The van der Waals surface area contributed by atoms with Gasteiger partial charge in [0.15, 0.2) is 0 Å². The molecule has 0 saturated carbocycles. The Balaban J connectivity index is 1.53. The topological polar surface area (TPSA) is 92.0 Å². The number of anilines is 1. The summed E-state index contributed by atoms with van der Waals surface area (Å²) in [4.78, 5) is 12.8. The van der Waals surface area contributed by atoms with Gasteiger partial charge in [-0.25, -0.2) is 13.8 Å². The Morgan fingerprint density at radius 2 is 1.68 bits per heavy atom. The highest BCUT2D eigenvalue weighted by Gasteiger charge is 2.28. The van der Waals surface area contributed by atoms with E-state index in [0.29, 0.717) is 37.7 Å². The van der Waals surface area contributed by atoms with Gasteiger partial charge in [0.1, 0.15) is 18.1 Å². The smallest absolute Gasteiger partial charge is 0.264 e. The number of aryl methyl sites for hydroxylation is 1. The van der Waals surface area contributed by atoms with Crippen molar-refractivity contribution in [1.29, 1.82) is 0 Å². The number of sulfonamides is 1. The predicted molar refractivity (Wildman–Crippen MR) is 147 cm³/mol. The molecule has 0 spiro atoms. The number of rotatable bonds is 8. The van der Waals surface area contributed by atoms with E-state index in [1.807, 2.05) is 0 Å². The zero-order valence-electron chi connectivity index (χ0n) is 19.4. The maximum Gasteiger partial charge on any atom is 0.264 e. The van der Waals surface area contributed by atoms with Crippen LogP contribution >= 0.6 is 34.8 Å². The summed E-state index contributed by atoms with van der Waals surface area (Å²) in [5.41, 5.74) is 3.90. The van der Waals surface area contributed by atoms with Crippen LogP contribution in [-0.4, -0.2) is 27.1 Å². The molecule has 1 amide bonds. The first-order valence-corrected chi connectivity index (χ1v) is 13.4. The lowest BCUT2D eigenvalue weighted by atomic mass is 10.2. The van der Waals surface area contributed by atoms with Crippen molar-refractivity contribution in [3.63, 3.8) is 0 Å². The second kappa shape index (κ2) is 11.4. The van der Waals surface area contributed by atoms with Crippen LogP contribution in [0.4, 0.5) is 5.69 Å². The molecule has 37 heavy (non-hydrogen) atoms. The minimum atomic E-state index is -4.08. The molecule has 190 valence electrons. The number of nitrogens with zero attached hydrogens (tertiary/aromatic N) is 2. The first kappa shape index (κ1) is 26.8. The molecule has 0 unspecified atom stereocenters. The fourth-order valence-corrected chi connectivity index (χ4v) is 5.63. The summed E-state index contributed by atoms with van der Waals surface area (Å²) >= 11 is 18.3. The van der Waals surface area contributed by atoms with Gasteiger partial charge in [0.25, 0.3) is 15.9 Å². The Bertz CT molecular complexity index is 1570. The first-order valence-electron chi connectivity index (χ1n) is 10.9. The molecular formula is C26H20Cl3N3O4S. The largest absolute Gasteiger partial charge is 0.455 e. The molecular weight excluding hydrogens is 557 g/mol. The molecule has 3 aromatic carbocycles. The Hall–Kier alpha value is -3.30. The standard InChI is InChI=1S/C26H20Cl3N3O4S/c1-17-7-8-19(28)14-24(17)32(37(34,35)21-5-3-2-4-6-21)16-26(33)31-30-15-20-10-12-25(36-20)22-11-9-18(27)13-23(22)29/h2-15H,16H2,1H3,(H,31,33)/b30-15-. The highest BCUT2D eigenvalue weighted by molar-refractivity contribution is 7.92. The van der Waals surface area contributed by atoms with Crippen LogP contribution in [0.15, 0.2) is 93.3 Å². The van der Waals surface area contributed by atoms with Gasteiger partial charge in [-0.2, -0.15) is 5.10 Å². The van der Waals surface area contributed by atoms with Gasteiger partial charge in [0.05, 0.1) is 21.8 Å². The zero-order valence-corrected chi connectivity index (χ0v) is 22.4. The van der Waals surface area contributed by atoms with Crippen LogP contribution in [0, 0.1) is 6.92 Å². The molecule has 4 rings (SSSR count). The van der Waals surface area contributed by atoms with Crippen molar-refractivity contribution in [2.75, 3.05) is 10.8 Å². The van der Waals surface area contributed by atoms with E-state index in [0.717, 1.165) is 4.31 Å². The van der Waals surface area contributed by atoms with Crippen molar-refractivity contribution in [1.82, 2.24) is 5.43 Å². The van der Waals surface area contributed by atoms with E-state index in [9.17, 15) is 13.2 Å². The van der Waals surface area contributed by atoms with Gasteiger partial charge in [-0.3, -0.25) is 9.10 Å². The Kier molecular flexibility index (Phi) is 8.24. The Morgan fingerprint density at radius 1 is 0.973 bits per heavy atom.